The molecule has 0 radical (unpaired) electrons. The normalized spacial score (nSPS) is 41.3. The van der Waals surface area contributed by atoms with Gasteiger partial charge in [0.25, 0.3) is 0 Å². The molecule has 1 aliphatic heterocycles. The molecule has 3 atom stereocenters. The third kappa shape index (κ3) is 1.13. The Morgan fingerprint density at radius 1 is 1.64 bits per heavy atom. The second kappa shape index (κ2) is 2.48. The van der Waals surface area contributed by atoms with E-state index in [-0.39, 0.29) is 0 Å². The first-order valence-electron chi connectivity index (χ1n) is 4.11. The van der Waals surface area contributed by atoms with E-state index in [1.165, 1.54) is 0 Å². The molecule has 1 saturated heterocycles. The first-order valence-corrected chi connectivity index (χ1v) is 4.11. The molecule has 1 saturated carbocycles. The lowest BCUT2D eigenvalue weighted by molar-refractivity contribution is -0.141. The highest BCUT2D eigenvalue weighted by molar-refractivity contribution is 5.67. The van der Waals surface area contributed by atoms with Crippen molar-refractivity contribution in [1.82, 2.24) is 0 Å². The number of hydrogen-bond donors (Lipinski definition) is 1. The van der Waals surface area contributed by atoms with E-state index in [1.807, 2.05) is 0 Å². The zero-order chi connectivity index (χ0) is 7.84. The zero-order valence-electron chi connectivity index (χ0n) is 6.32. The number of carboxylic acid groups (broad SMARTS) is 1. The van der Waals surface area contributed by atoms with Crippen molar-refractivity contribution < 1.29 is 14.6 Å². The van der Waals surface area contributed by atoms with Crippen molar-refractivity contribution in [3.63, 3.8) is 0 Å². The smallest absolute Gasteiger partial charge is 0.303 e. The van der Waals surface area contributed by atoms with Crippen LogP contribution in [0.15, 0.2) is 0 Å². The van der Waals surface area contributed by atoms with Gasteiger partial charge in [-0.25, -0.2) is 0 Å². The van der Waals surface area contributed by atoms with Crippen LogP contribution in [-0.4, -0.2) is 23.8 Å². The summed E-state index contributed by atoms with van der Waals surface area (Å²) in [6.45, 7) is 0.839. The first-order chi connectivity index (χ1) is 5.27. The van der Waals surface area contributed by atoms with Crippen LogP contribution in [0.3, 0.4) is 0 Å². The summed E-state index contributed by atoms with van der Waals surface area (Å²) in [4.78, 5) is 10.4. The van der Waals surface area contributed by atoms with Gasteiger partial charge in [-0.05, 0) is 24.7 Å². The van der Waals surface area contributed by atoms with Crippen LogP contribution in [0.25, 0.3) is 0 Å². The minimum absolute atomic E-state index is 0.338. The number of aliphatic carboxylic acids is 1. The maximum absolute atomic E-state index is 10.4. The summed E-state index contributed by atoms with van der Waals surface area (Å²) in [6.07, 6.45) is 2.78. The molecular weight excluding hydrogens is 144 g/mol. The monoisotopic (exact) mass is 156 g/mol. The zero-order valence-corrected chi connectivity index (χ0v) is 6.32. The summed E-state index contributed by atoms with van der Waals surface area (Å²) >= 11 is 0. The number of fused-ring (bicyclic) bond motifs is 1. The molecule has 1 N–H and O–H groups in total. The van der Waals surface area contributed by atoms with Crippen LogP contribution in [0, 0.1) is 11.8 Å². The van der Waals surface area contributed by atoms with Crippen molar-refractivity contribution in [3.05, 3.63) is 0 Å². The van der Waals surface area contributed by atoms with E-state index in [4.69, 9.17) is 9.84 Å². The number of carboxylic acids is 1. The van der Waals surface area contributed by atoms with Gasteiger partial charge in [0.2, 0.25) is 0 Å². The van der Waals surface area contributed by atoms with Gasteiger partial charge in [0, 0.05) is 13.0 Å². The van der Waals surface area contributed by atoms with Gasteiger partial charge in [-0.15, -0.1) is 0 Å². The van der Waals surface area contributed by atoms with Crippen molar-refractivity contribution in [2.75, 3.05) is 6.61 Å². The average Bonchev–Trinajstić information content (AvgIpc) is 2.26. The molecule has 11 heavy (non-hydrogen) atoms. The molecule has 3 heteroatoms. The van der Waals surface area contributed by atoms with Crippen LogP contribution in [-0.2, 0) is 9.53 Å². The van der Waals surface area contributed by atoms with Crippen LogP contribution in [0.5, 0.6) is 0 Å². The highest BCUT2D eigenvalue weighted by Crippen LogP contribution is 2.45. The Kier molecular flexibility index (Phi) is 1.60. The molecule has 0 aromatic rings. The molecule has 0 amide bonds. The predicted octanol–water partition coefficient (Wildman–Crippen LogP) is 0.886. The number of carbonyl (C=O) groups is 1. The molecule has 62 valence electrons. The molecule has 0 aromatic carbocycles. The molecule has 2 fully saturated rings. The Balaban J connectivity index is 1.85. The Morgan fingerprint density at radius 2 is 2.45 bits per heavy atom. The lowest BCUT2D eigenvalue weighted by Crippen LogP contribution is -2.39. The van der Waals surface area contributed by atoms with Crippen molar-refractivity contribution in [2.24, 2.45) is 11.8 Å². The van der Waals surface area contributed by atoms with Crippen molar-refractivity contribution in [2.45, 2.75) is 25.4 Å². The van der Waals surface area contributed by atoms with Gasteiger partial charge in [-0.2, -0.15) is 0 Å². The van der Waals surface area contributed by atoms with Crippen molar-refractivity contribution in [3.8, 4) is 0 Å². The van der Waals surface area contributed by atoms with Crippen LogP contribution >= 0.6 is 0 Å². The molecule has 0 aromatic heterocycles. The number of ether oxygens (including phenoxy) is 1. The third-order valence-electron chi connectivity index (χ3n) is 2.84. The Hall–Kier alpha value is -0.570. The maximum atomic E-state index is 10.4. The molecule has 2 rings (SSSR count). The maximum Gasteiger partial charge on any atom is 0.303 e. The molecule has 2 aliphatic rings. The Morgan fingerprint density at radius 3 is 3.09 bits per heavy atom. The van der Waals surface area contributed by atoms with Crippen LogP contribution in [0.4, 0.5) is 0 Å². The predicted molar refractivity (Wildman–Crippen MR) is 38.2 cm³/mol. The molecule has 3 nitrogen and oxygen atoms in total. The second-order valence-corrected chi connectivity index (χ2v) is 3.46. The molecule has 1 aliphatic carbocycles. The largest absolute Gasteiger partial charge is 0.481 e. The van der Waals surface area contributed by atoms with Gasteiger partial charge in [-0.1, -0.05) is 0 Å². The summed E-state index contributed by atoms with van der Waals surface area (Å²) in [7, 11) is 0. The van der Waals surface area contributed by atoms with Gasteiger partial charge in [0.1, 0.15) is 0 Å². The summed E-state index contributed by atoms with van der Waals surface area (Å²) < 4.78 is 5.37. The van der Waals surface area contributed by atoms with Crippen molar-refractivity contribution >= 4 is 5.97 Å². The van der Waals surface area contributed by atoms with Crippen LogP contribution in [0.1, 0.15) is 19.3 Å². The minimum Gasteiger partial charge on any atom is -0.481 e. The van der Waals surface area contributed by atoms with Crippen LogP contribution < -0.4 is 0 Å². The van der Waals surface area contributed by atoms with E-state index in [2.05, 4.69) is 0 Å². The molecule has 3 unspecified atom stereocenters. The lowest BCUT2D eigenvalue weighted by Gasteiger charge is -2.37. The molecule has 1 heterocycles. The highest BCUT2D eigenvalue weighted by Gasteiger charge is 2.45. The summed E-state index contributed by atoms with van der Waals surface area (Å²) in [5, 5.41) is 8.53. The fourth-order valence-corrected chi connectivity index (χ4v) is 2.18. The topological polar surface area (TPSA) is 46.5 Å². The Labute approximate surface area is 65.4 Å². The van der Waals surface area contributed by atoms with E-state index in [9.17, 15) is 4.79 Å². The minimum atomic E-state index is -0.666. The van der Waals surface area contributed by atoms with E-state index in [0.717, 1.165) is 19.4 Å². The molecular formula is C8H12O3. The van der Waals surface area contributed by atoms with Gasteiger partial charge in [0.05, 0.1) is 6.10 Å². The van der Waals surface area contributed by atoms with Gasteiger partial charge >= 0.3 is 5.97 Å². The SMILES string of the molecule is O=C(O)CC1CC2OCCC12. The fraction of sp³-hybridized carbons (Fsp3) is 0.875. The summed E-state index contributed by atoms with van der Waals surface area (Å²) in [5.41, 5.74) is 0. The quantitative estimate of drug-likeness (QED) is 0.645. The van der Waals surface area contributed by atoms with E-state index >= 15 is 0 Å². The Bertz CT molecular complexity index is 178. The molecule has 0 bridgehead atoms. The first kappa shape index (κ1) is 7.10. The van der Waals surface area contributed by atoms with E-state index < -0.39 is 5.97 Å². The van der Waals surface area contributed by atoms with Crippen LogP contribution in [0.2, 0.25) is 0 Å². The number of rotatable bonds is 2. The standard InChI is InChI=1S/C8H12O3/c9-8(10)4-5-3-7-6(5)1-2-11-7/h5-7H,1-4H2,(H,9,10). The van der Waals surface area contributed by atoms with Crippen molar-refractivity contribution in [1.29, 1.82) is 0 Å². The van der Waals surface area contributed by atoms with E-state index in [1.54, 1.807) is 0 Å². The highest BCUT2D eigenvalue weighted by atomic mass is 16.5. The molecule has 0 spiro atoms. The van der Waals surface area contributed by atoms with E-state index in [0.29, 0.717) is 24.4 Å². The van der Waals surface area contributed by atoms with Gasteiger partial charge in [0.15, 0.2) is 0 Å². The second-order valence-electron chi connectivity index (χ2n) is 3.46. The van der Waals surface area contributed by atoms with Gasteiger partial charge in [-0.3, -0.25) is 4.79 Å². The third-order valence-corrected chi connectivity index (χ3v) is 2.84. The average molecular weight is 156 g/mol. The number of hydrogen-bond acceptors (Lipinski definition) is 2. The fourth-order valence-electron chi connectivity index (χ4n) is 2.18. The summed E-state index contributed by atoms with van der Waals surface area (Å²) in [6, 6.07) is 0. The summed E-state index contributed by atoms with van der Waals surface area (Å²) in [5.74, 6) is 0.298. The van der Waals surface area contributed by atoms with Gasteiger partial charge < -0.3 is 9.84 Å². The lowest BCUT2D eigenvalue weighted by atomic mass is 9.69.